The van der Waals surface area contributed by atoms with Gasteiger partial charge in [0.15, 0.2) is 0 Å². The first kappa shape index (κ1) is 17.4. The van der Waals surface area contributed by atoms with Gasteiger partial charge in [0.25, 0.3) is 0 Å². The summed E-state index contributed by atoms with van der Waals surface area (Å²) in [4.78, 5) is 28.6. The number of carbonyl (C=O) groups excluding carboxylic acids is 1. The smallest absolute Gasteiger partial charge is 0.225 e. The number of rotatable bonds is 3. The number of nitrogen functional groups attached to an aromatic ring is 1. The molecule has 2 aromatic heterocycles. The molecule has 1 saturated carbocycles. The Morgan fingerprint density at radius 1 is 1.07 bits per heavy atom. The number of carbonyl (C=O) groups is 1. The monoisotopic (exact) mass is 385 g/mol. The topological polar surface area (TPSA) is 75.3 Å². The summed E-state index contributed by atoms with van der Waals surface area (Å²) in [5, 5.41) is 1.11. The van der Waals surface area contributed by atoms with Gasteiger partial charge in [-0.3, -0.25) is 9.69 Å². The Morgan fingerprint density at radius 3 is 2.63 bits per heavy atom. The average Bonchev–Trinajstić information content (AvgIpc) is 3.47. The van der Waals surface area contributed by atoms with Gasteiger partial charge in [-0.1, -0.05) is 6.42 Å². The number of aromatic nitrogens is 2. The molecule has 2 N–H and O–H groups in total. The molecule has 0 atom stereocenters. The Kier molecular flexibility index (Phi) is 4.52. The number of amides is 1. The molecule has 1 amide bonds. The first-order valence-electron chi connectivity index (χ1n) is 10.3. The van der Waals surface area contributed by atoms with Crippen molar-refractivity contribution in [2.75, 3.05) is 31.9 Å². The quantitative estimate of drug-likeness (QED) is 0.822. The molecule has 0 bridgehead atoms. The molecule has 0 unspecified atom stereocenters. The molecule has 2 aromatic rings. The highest BCUT2D eigenvalue weighted by Crippen LogP contribution is 2.37. The van der Waals surface area contributed by atoms with Crippen molar-refractivity contribution in [1.82, 2.24) is 19.8 Å². The highest BCUT2D eigenvalue weighted by atomic mass is 32.1. The van der Waals surface area contributed by atoms with Crippen LogP contribution in [0.15, 0.2) is 0 Å². The van der Waals surface area contributed by atoms with Crippen molar-refractivity contribution in [1.29, 1.82) is 0 Å². The van der Waals surface area contributed by atoms with Crippen LogP contribution in [0.2, 0.25) is 0 Å². The molecule has 3 aliphatic rings. The summed E-state index contributed by atoms with van der Waals surface area (Å²) in [5.41, 5.74) is 7.77. The van der Waals surface area contributed by atoms with E-state index in [0.29, 0.717) is 24.2 Å². The van der Waals surface area contributed by atoms with Gasteiger partial charge in [0.05, 0.1) is 11.9 Å². The third-order valence-electron chi connectivity index (χ3n) is 6.11. The Hall–Kier alpha value is -1.73. The van der Waals surface area contributed by atoms with E-state index in [-0.39, 0.29) is 0 Å². The minimum Gasteiger partial charge on any atom is -0.383 e. The van der Waals surface area contributed by atoms with E-state index in [9.17, 15) is 4.79 Å². The molecule has 0 spiro atoms. The maximum Gasteiger partial charge on any atom is 0.225 e. The van der Waals surface area contributed by atoms with Crippen LogP contribution < -0.4 is 5.73 Å². The van der Waals surface area contributed by atoms with Gasteiger partial charge in [-0.2, -0.15) is 0 Å². The summed E-state index contributed by atoms with van der Waals surface area (Å²) in [6.45, 7) is 4.14. The first-order chi connectivity index (χ1) is 13.2. The number of thiophene rings is 1. The Bertz CT molecular complexity index is 867. The Morgan fingerprint density at radius 2 is 1.85 bits per heavy atom. The second-order valence-electron chi connectivity index (χ2n) is 8.15. The lowest BCUT2D eigenvalue weighted by Gasteiger charge is -2.34. The van der Waals surface area contributed by atoms with Crippen molar-refractivity contribution in [3.8, 4) is 0 Å². The normalized spacial score (nSPS) is 21.3. The molecule has 2 aliphatic carbocycles. The first-order valence-corrected chi connectivity index (χ1v) is 11.1. The molecule has 0 aromatic carbocycles. The van der Waals surface area contributed by atoms with Gasteiger partial charge in [0.2, 0.25) is 5.91 Å². The van der Waals surface area contributed by atoms with Crippen molar-refractivity contribution in [2.24, 2.45) is 5.92 Å². The predicted octanol–water partition coefficient (Wildman–Crippen LogP) is 2.60. The highest BCUT2D eigenvalue weighted by molar-refractivity contribution is 7.19. The van der Waals surface area contributed by atoms with E-state index >= 15 is 0 Å². The van der Waals surface area contributed by atoms with Gasteiger partial charge in [-0.15, -0.1) is 11.3 Å². The van der Waals surface area contributed by atoms with Gasteiger partial charge in [0, 0.05) is 37.0 Å². The standard InChI is InChI=1S/C20H27N5OS/c21-18-17-14-4-2-1-3-5-15(14)27-19(17)23-16(22-18)12-24-8-10-25(11-9-24)20(26)13-6-7-13/h13H,1-12H2,(H2,21,22,23). The van der Waals surface area contributed by atoms with E-state index in [0.717, 1.165) is 67.9 Å². The van der Waals surface area contributed by atoms with Gasteiger partial charge in [0.1, 0.15) is 16.5 Å². The van der Waals surface area contributed by atoms with Crippen LogP contribution in [0.1, 0.15) is 48.4 Å². The second-order valence-corrected chi connectivity index (χ2v) is 9.23. The molecule has 5 rings (SSSR count). The molecule has 7 heteroatoms. The molecule has 1 saturated heterocycles. The average molecular weight is 386 g/mol. The maximum absolute atomic E-state index is 12.2. The zero-order valence-corrected chi connectivity index (χ0v) is 16.6. The van der Waals surface area contributed by atoms with Crippen LogP contribution in [0.25, 0.3) is 10.2 Å². The zero-order valence-electron chi connectivity index (χ0n) is 15.7. The largest absolute Gasteiger partial charge is 0.383 e. The summed E-state index contributed by atoms with van der Waals surface area (Å²) in [5.74, 6) is 2.14. The van der Waals surface area contributed by atoms with Crippen LogP contribution >= 0.6 is 11.3 Å². The van der Waals surface area contributed by atoms with E-state index in [1.54, 1.807) is 0 Å². The SMILES string of the molecule is Nc1nc(CN2CCN(C(=O)C3CC3)CC2)nc2sc3c(c12)CCCCC3. The van der Waals surface area contributed by atoms with Crippen LogP contribution in [0.3, 0.4) is 0 Å². The number of nitrogens with zero attached hydrogens (tertiary/aromatic N) is 4. The summed E-state index contributed by atoms with van der Waals surface area (Å²) in [6.07, 6.45) is 8.24. The molecule has 2 fully saturated rings. The number of fused-ring (bicyclic) bond motifs is 3. The summed E-state index contributed by atoms with van der Waals surface area (Å²) in [7, 11) is 0. The fraction of sp³-hybridized carbons (Fsp3) is 0.650. The van der Waals surface area contributed by atoms with Crippen LogP contribution in [0.5, 0.6) is 0 Å². The fourth-order valence-electron chi connectivity index (χ4n) is 4.39. The van der Waals surface area contributed by atoms with Crippen LogP contribution in [-0.4, -0.2) is 51.9 Å². The second kappa shape index (κ2) is 7.02. The lowest BCUT2D eigenvalue weighted by molar-refractivity contribution is -0.134. The predicted molar refractivity (Wildman–Crippen MR) is 108 cm³/mol. The number of aryl methyl sites for hydroxylation is 2. The van der Waals surface area contributed by atoms with Crippen LogP contribution in [0, 0.1) is 5.92 Å². The van der Waals surface area contributed by atoms with Crippen molar-refractivity contribution < 1.29 is 4.79 Å². The minimum atomic E-state index is 0.316. The summed E-state index contributed by atoms with van der Waals surface area (Å²) >= 11 is 1.82. The third-order valence-corrected chi connectivity index (χ3v) is 7.30. The van der Waals surface area contributed by atoms with Crippen molar-refractivity contribution in [2.45, 2.75) is 51.5 Å². The molecular weight excluding hydrogens is 358 g/mol. The molecule has 0 radical (unpaired) electrons. The van der Waals surface area contributed by atoms with Crippen molar-refractivity contribution in [3.05, 3.63) is 16.3 Å². The number of nitrogens with two attached hydrogens (primary N) is 1. The molecule has 27 heavy (non-hydrogen) atoms. The van der Waals surface area contributed by atoms with Gasteiger partial charge >= 0.3 is 0 Å². The van der Waals surface area contributed by atoms with Gasteiger partial charge < -0.3 is 10.6 Å². The van der Waals surface area contributed by atoms with E-state index in [4.69, 9.17) is 10.7 Å². The summed E-state index contributed by atoms with van der Waals surface area (Å²) in [6, 6.07) is 0. The van der Waals surface area contributed by atoms with Gasteiger partial charge in [-0.25, -0.2) is 9.97 Å². The van der Waals surface area contributed by atoms with Crippen LogP contribution in [0.4, 0.5) is 5.82 Å². The number of anilines is 1. The van der Waals surface area contributed by atoms with Crippen molar-refractivity contribution >= 4 is 33.3 Å². The van der Waals surface area contributed by atoms with Gasteiger partial charge in [-0.05, 0) is 44.1 Å². The Balaban J connectivity index is 1.30. The molecule has 6 nitrogen and oxygen atoms in total. The van der Waals surface area contributed by atoms with E-state index < -0.39 is 0 Å². The highest BCUT2D eigenvalue weighted by Gasteiger charge is 2.34. The Labute approximate surface area is 163 Å². The van der Waals surface area contributed by atoms with E-state index in [1.165, 1.54) is 29.7 Å². The third kappa shape index (κ3) is 3.43. The fourth-order valence-corrected chi connectivity index (χ4v) is 5.68. The maximum atomic E-state index is 12.2. The van der Waals surface area contributed by atoms with E-state index in [1.807, 2.05) is 16.2 Å². The van der Waals surface area contributed by atoms with Crippen molar-refractivity contribution in [3.63, 3.8) is 0 Å². The molecule has 144 valence electrons. The van der Waals surface area contributed by atoms with Crippen LogP contribution in [-0.2, 0) is 24.2 Å². The number of hydrogen-bond acceptors (Lipinski definition) is 6. The lowest BCUT2D eigenvalue weighted by atomic mass is 10.1. The lowest BCUT2D eigenvalue weighted by Crippen LogP contribution is -2.48. The molecule has 1 aliphatic heterocycles. The zero-order chi connectivity index (χ0) is 18.4. The number of piperazine rings is 1. The molecule has 3 heterocycles. The summed E-state index contributed by atoms with van der Waals surface area (Å²) < 4.78 is 0. The van der Waals surface area contributed by atoms with E-state index in [2.05, 4.69) is 9.88 Å². The molecular formula is C20H27N5OS. The minimum absolute atomic E-state index is 0.316. The number of hydrogen-bond donors (Lipinski definition) is 1.